The van der Waals surface area contributed by atoms with Gasteiger partial charge >= 0.3 is 0 Å². The van der Waals surface area contributed by atoms with Crippen molar-refractivity contribution in [3.8, 4) is 0 Å². The summed E-state index contributed by atoms with van der Waals surface area (Å²) in [6.45, 7) is 15.5. The summed E-state index contributed by atoms with van der Waals surface area (Å²) < 4.78 is 5.52. The van der Waals surface area contributed by atoms with Gasteiger partial charge in [-0.25, -0.2) is 4.99 Å². The van der Waals surface area contributed by atoms with Crippen LogP contribution in [0.25, 0.3) is 0 Å². The fourth-order valence-electron chi connectivity index (χ4n) is 4.78. The van der Waals surface area contributed by atoms with Crippen molar-refractivity contribution < 1.29 is 4.74 Å². The fraction of sp³-hybridized carbons (Fsp3) is 0.708. The van der Waals surface area contributed by atoms with Gasteiger partial charge in [0.05, 0.1) is 19.8 Å². The van der Waals surface area contributed by atoms with Gasteiger partial charge in [0.15, 0.2) is 5.96 Å². The molecule has 3 saturated heterocycles. The molecule has 1 aromatic rings. The predicted molar refractivity (Wildman–Crippen MR) is 126 cm³/mol. The van der Waals surface area contributed by atoms with E-state index in [1.54, 1.807) is 0 Å². The summed E-state index contributed by atoms with van der Waals surface area (Å²) in [4.78, 5) is 15.0. The van der Waals surface area contributed by atoms with Gasteiger partial charge in [-0.05, 0) is 31.5 Å². The summed E-state index contributed by atoms with van der Waals surface area (Å²) in [5.74, 6) is 1.06. The molecule has 1 atom stereocenters. The molecule has 0 amide bonds. The topological polar surface area (TPSA) is 46.6 Å². The molecule has 0 bridgehead atoms. The molecule has 0 aliphatic carbocycles. The van der Waals surface area contributed by atoms with Gasteiger partial charge in [0.25, 0.3) is 0 Å². The molecular weight excluding hydrogens is 388 g/mol. The minimum absolute atomic E-state index is 0.626. The second-order valence-corrected chi connectivity index (χ2v) is 9.10. The Morgan fingerprint density at radius 3 is 2.42 bits per heavy atom. The van der Waals surface area contributed by atoms with Crippen LogP contribution in [-0.2, 0) is 17.8 Å². The average Bonchev–Trinajstić information content (AvgIpc) is 3.30. The van der Waals surface area contributed by atoms with Crippen LogP contribution in [0.5, 0.6) is 0 Å². The lowest BCUT2D eigenvalue weighted by Gasteiger charge is -2.32. The van der Waals surface area contributed by atoms with E-state index in [1.165, 1.54) is 30.6 Å². The number of likely N-dealkylation sites (N-methyl/N-ethyl adjacent to an activating group) is 1. The van der Waals surface area contributed by atoms with Crippen molar-refractivity contribution in [2.75, 3.05) is 79.2 Å². The number of guanidine groups is 1. The lowest BCUT2D eigenvalue weighted by molar-refractivity contribution is 0.0195. The standard InChI is InChI=1S/C24H40N6O/c1-3-25-24(30-9-8-23(20-30)29-14-16-31-17-15-29)26-18-21-4-6-22(7-5-21)19-28-12-10-27(2)11-13-28/h4-7,23H,3,8-20H2,1-2H3,(H,25,26). The Morgan fingerprint density at radius 1 is 1.00 bits per heavy atom. The van der Waals surface area contributed by atoms with Crippen LogP contribution in [0.15, 0.2) is 29.3 Å². The SMILES string of the molecule is CCNC(=NCc1ccc(CN2CCN(C)CC2)cc1)N1CCC(N2CCOCC2)C1. The summed E-state index contributed by atoms with van der Waals surface area (Å²) in [6.07, 6.45) is 1.21. The van der Waals surface area contributed by atoms with E-state index in [0.29, 0.717) is 6.04 Å². The Hall–Kier alpha value is -1.67. The van der Waals surface area contributed by atoms with Crippen LogP contribution in [-0.4, -0.2) is 111 Å². The Bertz CT molecular complexity index is 695. The molecule has 0 radical (unpaired) electrons. The highest BCUT2D eigenvalue weighted by molar-refractivity contribution is 5.80. The molecule has 1 N–H and O–H groups in total. The number of piperazine rings is 1. The van der Waals surface area contributed by atoms with Crippen LogP contribution in [0.1, 0.15) is 24.5 Å². The lowest BCUT2D eigenvalue weighted by Crippen LogP contribution is -2.46. The maximum absolute atomic E-state index is 5.52. The van der Waals surface area contributed by atoms with E-state index < -0.39 is 0 Å². The molecule has 0 aromatic heterocycles. The van der Waals surface area contributed by atoms with Crippen molar-refractivity contribution in [3.63, 3.8) is 0 Å². The van der Waals surface area contributed by atoms with Crippen LogP contribution in [0.3, 0.4) is 0 Å². The summed E-state index contributed by atoms with van der Waals surface area (Å²) >= 11 is 0. The van der Waals surface area contributed by atoms with Crippen molar-refractivity contribution in [2.45, 2.75) is 32.5 Å². The Balaban J connectivity index is 1.30. The van der Waals surface area contributed by atoms with Crippen molar-refractivity contribution in [2.24, 2.45) is 4.99 Å². The van der Waals surface area contributed by atoms with Gasteiger partial charge in [-0.3, -0.25) is 9.80 Å². The minimum atomic E-state index is 0.626. The molecule has 172 valence electrons. The summed E-state index contributed by atoms with van der Waals surface area (Å²) in [6, 6.07) is 9.68. The van der Waals surface area contributed by atoms with Crippen LogP contribution in [0, 0.1) is 0 Å². The number of ether oxygens (including phenoxy) is 1. The lowest BCUT2D eigenvalue weighted by atomic mass is 10.1. The number of benzene rings is 1. The van der Waals surface area contributed by atoms with Crippen LogP contribution in [0.4, 0.5) is 0 Å². The van der Waals surface area contributed by atoms with Crippen molar-refractivity contribution in [1.29, 1.82) is 0 Å². The maximum atomic E-state index is 5.52. The molecule has 0 saturated carbocycles. The Morgan fingerprint density at radius 2 is 1.71 bits per heavy atom. The van der Waals surface area contributed by atoms with Gasteiger partial charge in [-0.1, -0.05) is 24.3 Å². The number of aliphatic imine (C=N–C) groups is 1. The van der Waals surface area contributed by atoms with Crippen molar-refractivity contribution in [1.82, 2.24) is 24.9 Å². The van der Waals surface area contributed by atoms with E-state index in [2.05, 4.69) is 63.2 Å². The summed E-state index contributed by atoms with van der Waals surface area (Å²) in [5.41, 5.74) is 2.68. The zero-order valence-corrected chi connectivity index (χ0v) is 19.4. The van der Waals surface area contributed by atoms with Gasteiger partial charge < -0.3 is 19.9 Å². The first kappa shape index (κ1) is 22.5. The quantitative estimate of drug-likeness (QED) is 0.545. The largest absolute Gasteiger partial charge is 0.379 e. The predicted octanol–water partition coefficient (Wildman–Crippen LogP) is 1.31. The highest BCUT2D eigenvalue weighted by Crippen LogP contribution is 2.17. The number of rotatable bonds is 6. The van der Waals surface area contributed by atoms with Crippen LogP contribution >= 0.6 is 0 Å². The number of likely N-dealkylation sites (tertiary alicyclic amines) is 1. The Kier molecular flexibility index (Phi) is 8.19. The highest BCUT2D eigenvalue weighted by atomic mass is 16.5. The molecule has 7 heteroatoms. The van der Waals surface area contributed by atoms with E-state index in [4.69, 9.17) is 9.73 Å². The molecule has 3 fully saturated rings. The zero-order chi connectivity index (χ0) is 21.5. The number of hydrogen-bond donors (Lipinski definition) is 1. The second-order valence-electron chi connectivity index (χ2n) is 9.10. The number of hydrogen-bond acceptors (Lipinski definition) is 5. The van der Waals surface area contributed by atoms with E-state index in [-0.39, 0.29) is 0 Å². The minimum Gasteiger partial charge on any atom is -0.379 e. The van der Waals surface area contributed by atoms with Gasteiger partial charge in [-0.2, -0.15) is 0 Å². The third-order valence-electron chi connectivity index (χ3n) is 6.80. The molecule has 1 aromatic carbocycles. The molecule has 4 rings (SSSR count). The van der Waals surface area contributed by atoms with E-state index >= 15 is 0 Å². The third-order valence-corrected chi connectivity index (χ3v) is 6.80. The maximum Gasteiger partial charge on any atom is 0.194 e. The van der Waals surface area contributed by atoms with Gasteiger partial charge in [-0.15, -0.1) is 0 Å². The van der Waals surface area contributed by atoms with Crippen molar-refractivity contribution in [3.05, 3.63) is 35.4 Å². The average molecular weight is 429 g/mol. The smallest absolute Gasteiger partial charge is 0.194 e. The monoisotopic (exact) mass is 428 g/mol. The van der Waals surface area contributed by atoms with E-state index in [1.807, 2.05) is 0 Å². The molecule has 3 aliphatic heterocycles. The molecule has 0 spiro atoms. The number of nitrogens with zero attached hydrogens (tertiary/aromatic N) is 5. The normalized spacial score (nSPS) is 24.6. The van der Waals surface area contributed by atoms with E-state index in [0.717, 1.165) is 78.1 Å². The first-order chi connectivity index (χ1) is 15.2. The molecule has 3 aliphatic rings. The first-order valence-electron chi connectivity index (χ1n) is 12.0. The fourth-order valence-corrected chi connectivity index (χ4v) is 4.78. The zero-order valence-electron chi connectivity index (χ0n) is 19.4. The number of morpholine rings is 1. The van der Waals surface area contributed by atoms with Crippen LogP contribution < -0.4 is 5.32 Å². The second kappa shape index (κ2) is 11.3. The molecular formula is C24H40N6O. The molecule has 1 unspecified atom stereocenters. The molecule has 7 nitrogen and oxygen atoms in total. The summed E-state index contributed by atoms with van der Waals surface area (Å²) in [7, 11) is 2.21. The van der Waals surface area contributed by atoms with Crippen molar-refractivity contribution >= 4 is 5.96 Å². The van der Waals surface area contributed by atoms with Gasteiger partial charge in [0.2, 0.25) is 0 Å². The van der Waals surface area contributed by atoms with Gasteiger partial charge in [0, 0.05) is 71.5 Å². The number of nitrogens with one attached hydrogen (secondary N) is 1. The van der Waals surface area contributed by atoms with Gasteiger partial charge in [0.1, 0.15) is 0 Å². The molecule has 31 heavy (non-hydrogen) atoms. The first-order valence-corrected chi connectivity index (χ1v) is 12.0. The molecule has 3 heterocycles. The Labute approximate surface area is 188 Å². The highest BCUT2D eigenvalue weighted by Gasteiger charge is 2.30. The van der Waals surface area contributed by atoms with Crippen LogP contribution in [0.2, 0.25) is 0 Å². The van der Waals surface area contributed by atoms with E-state index in [9.17, 15) is 0 Å². The third kappa shape index (κ3) is 6.42. The summed E-state index contributed by atoms with van der Waals surface area (Å²) in [5, 5.41) is 3.51.